The van der Waals surface area contributed by atoms with Crippen LogP contribution in [0.2, 0.25) is 5.02 Å². The molecule has 0 aliphatic carbocycles. The summed E-state index contributed by atoms with van der Waals surface area (Å²) in [6, 6.07) is 2.34. The van der Waals surface area contributed by atoms with E-state index in [1.807, 2.05) is 0 Å². The van der Waals surface area contributed by atoms with Crippen molar-refractivity contribution in [3.8, 4) is 0 Å². The van der Waals surface area contributed by atoms with E-state index < -0.39 is 4.92 Å². The van der Waals surface area contributed by atoms with E-state index in [4.69, 9.17) is 17.3 Å². The topological polar surface area (TPSA) is 89.5 Å². The van der Waals surface area contributed by atoms with E-state index in [9.17, 15) is 14.9 Å². The molecule has 20 heavy (non-hydrogen) atoms. The third-order valence-electron chi connectivity index (χ3n) is 3.52. The highest BCUT2D eigenvalue weighted by molar-refractivity contribution is 6.34. The number of non-ortho nitro benzene ring substituents is 1. The summed E-state index contributed by atoms with van der Waals surface area (Å²) in [6.45, 7) is 5.37. The van der Waals surface area contributed by atoms with Crippen LogP contribution in [0.15, 0.2) is 12.1 Å². The van der Waals surface area contributed by atoms with Crippen LogP contribution in [0, 0.1) is 15.5 Å². The number of carbonyl (C=O) groups is 1. The predicted octanol–water partition coefficient (Wildman–Crippen LogP) is 2.70. The lowest BCUT2D eigenvalue weighted by Gasteiger charge is -2.20. The number of amides is 1. The highest BCUT2D eigenvalue weighted by Gasteiger charge is 2.33. The molecule has 1 saturated heterocycles. The SMILES string of the molecule is CC1(C)CCN(C(=O)c2cc([N+](=O)[O-])cc(Cl)c2N)C1. The molecule has 0 aromatic heterocycles. The third-order valence-corrected chi connectivity index (χ3v) is 3.83. The molecule has 1 aliphatic heterocycles. The second kappa shape index (κ2) is 4.94. The molecule has 6 nitrogen and oxygen atoms in total. The molecule has 0 radical (unpaired) electrons. The van der Waals surface area contributed by atoms with Gasteiger partial charge in [-0.15, -0.1) is 0 Å². The molecular formula is C13H16ClN3O3. The number of nitrogens with zero attached hydrogens (tertiary/aromatic N) is 2. The van der Waals surface area contributed by atoms with Crippen LogP contribution in [-0.4, -0.2) is 28.8 Å². The van der Waals surface area contributed by atoms with Gasteiger partial charge < -0.3 is 10.6 Å². The number of carbonyl (C=O) groups excluding carboxylic acids is 1. The van der Waals surface area contributed by atoms with Crippen molar-refractivity contribution >= 4 is 28.9 Å². The van der Waals surface area contributed by atoms with Crippen LogP contribution in [0.3, 0.4) is 0 Å². The molecule has 1 aliphatic rings. The Balaban J connectivity index is 2.37. The van der Waals surface area contributed by atoms with Gasteiger partial charge in [0.1, 0.15) is 0 Å². The first-order chi connectivity index (χ1) is 9.21. The van der Waals surface area contributed by atoms with Crippen molar-refractivity contribution in [3.05, 3.63) is 32.8 Å². The molecule has 7 heteroatoms. The van der Waals surface area contributed by atoms with Gasteiger partial charge in [-0.3, -0.25) is 14.9 Å². The highest BCUT2D eigenvalue weighted by atomic mass is 35.5. The second-order valence-corrected chi connectivity index (χ2v) is 6.19. The molecule has 0 bridgehead atoms. The second-order valence-electron chi connectivity index (χ2n) is 5.79. The maximum atomic E-state index is 12.4. The fourth-order valence-electron chi connectivity index (χ4n) is 2.34. The number of nitro benzene ring substituents is 1. The van der Waals surface area contributed by atoms with Crippen LogP contribution < -0.4 is 5.73 Å². The molecule has 1 aromatic rings. The number of halogens is 1. The van der Waals surface area contributed by atoms with Gasteiger partial charge >= 0.3 is 0 Å². The molecule has 1 heterocycles. The summed E-state index contributed by atoms with van der Waals surface area (Å²) in [5, 5.41) is 10.9. The van der Waals surface area contributed by atoms with Gasteiger partial charge in [0.15, 0.2) is 0 Å². The maximum absolute atomic E-state index is 12.4. The molecule has 1 aromatic carbocycles. The van der Waals surface area contributed by atoms with Crippen LogP contribution in [0.4, 0.5) is 11.4 Å². The molecule has 0 atom stereocenters. The molecular weight excluding hydrogens is 282 g/mol. The number of hydrogen-bond donors (Lipinski definition) is 1. The quantitative estimate of drug-likeness (QED) is 0.516. The molecule has 0 spiro atoms. The molecule has 2 rings (SSSR count). The zero-order valence-electron chi connectivity index (χ0n) is 11.4. The monoisotopic (exact) mass is 297 g/mol. The number of nitrogens with two attached hydrogens (primary N) is 1. The molecule has 108 valence electrons. The highest BCUT2D eigenvalue weighted by Crippen LogP contribution is 2.33. The fraction of sp³-hybridized carbons (Fsp3) is 0.462. The standard InChI is InChI=1S/C13H16ClN3O3/c1-13(2)3-4-16(7-13)12(18)9-5-8(17(19)20)6-10(14)11(9)15/h5-6H,3-4,7,15H2,1-2H3. The summed E-state index contributed by atoms with van der Waals surface area (Å²) >= 11 is 5.87. The van der Waals surface area contributed by atoms with Gasteiger partial charge in [0, 0.05) is 25.2 Å². The smallest absolute Gasteiger partial charge is 0.271 e. The molecule has 2 N–H and O–H groups in total. The van der Waals surface area contributed by atoms with Gasteiger partial charge in [0.25, 0.3) is 11.6 Å². The van der Waals surface area contributed by atoms with Crippen molar-refractivity contribution in [1.29, 1.82) is 0 Å². The number of benzene rings is 1. The number of anilines is 1. The summed E-state index contributed by atoms with van der Waals surface area (Å²) in [5.41, 5.74) is 5.79. The van der Waals surface area contributed by atoms with Crippen LogP contribution in [-0.2, 0) is 0 Å². The van der Waals surface area contributed by atoms with Crippen LogP contribution >= 0.6 is 11.6 Å². The van der Waals surface area contributed by atoms with Gasteiger partial charge in [-0.05, 0) is 11.8 Å². The lowest BCUT2D eigenvalue weighted by atomic mass is 9.93. The van der Waals surface area contributed by atoms with Crippen LogP contribution in [0.25, 0.3) is 0 Å². The van der Waals surface area contributed by atoms with E-state index in [0.29, 0.717) is 13.1 Å². The van der Waals surface area contributed by atoms with E-state index >= 15 is 0 Å². The number of hydrogen-bond acceptors (Lipinski definition) is 4. The van der Waals surface area contributed by atoms with Gasteiger partial charge in [0.2, 0.25) is 0 Å². The van der Waals surface area contributed by atoms with Crippen LogP contribution in [0.1, 0.15) is 30.6 Å². The summed E-state index contributed by atoms with van der Waals surface area (Å²) in [6.07, 6.45) is 0.890. The van der Waals surface area contributed by atoms with Gasteiger partial charge in [-0.1, -0.05) is 25.4 Å². The Morgan fingerprint density at radius 3 is 2.65 bits per heavy atom. The Morgan fingerprint density at radius 1 is 1.50 bits per heavy atom. The fourth-order valence-corrected chi connectivity index (χ4v) is 2.56. The van der Waals surface area contributed by atoms with Gasteiger partial charge in [0.05, 0.1) is 21.2 Å². The lowest BCUT2D eigenvalue weighted by Crippen LogP contribution is -2.30. The summed E-state index contributed by atoms with van der Waals surface area (Å²) < 4.78 is 0. The largest absolute Gasteiger partial charge is 0.397 e. The summed E-state index contributed by atoms with van der Waals surface area (Å²) in [4.78, 5) is 24.4. The van der Waals surface area contributed by atoms with Crippen LogP contribution in [0.5, 0.6) is 0 Å². The Labute approximate surface area is 121 Å². The zero-order chi connectivity index (χ0) is 15.1. The van der Waals surface area contributed by atoms with Crippen molar-refractivity contribution < 1.29 is 9.72 Å². The van der Waals surface area contributed by atoms with Crippen molar-refractivity contribution in [2.24, 2.45) is 5.41 Å². The van der Waals surface area contributed by atoms with E-state index in [-0.39, 0.29) is 33.3 Å². The first-order valence-corrected chi connectivity index (χ1v) is 6.62. The number of likely N-dealkylation sites (tertiary alicyclic amines) is 1. The first kappa shape index (κ1) is 14.6. The van der Waals surface area contributed by atoms with Gasteiger partial charge in [-0.25, -0.2) is 0 Å². The lowest BCUT2D eigenvalue weighted by molar-refractivity contribution is -0.384. The molecule has 1 fully saturated rings. The van der Waals surface area contributed by atoms with Crippen molar-refractivity contribution in [2.45, 2.75) is 20.3 Å². The number of nitro groups is 1. The maximum Gasteiger partial charge on any atom is 0.271 e. The Bertz CT molecular complexity index is 586. The van der Waals surface area contributed by atoms with E-state index in [0.717, 1.165) is 12.5 Å². The summed E-state index contributed by atoms with van der Waals surface area (Å²) in [5.74, 6) is -0.307. The Morgan fingerprint density at radius 2 is 2.15 bits per heavy atom. The minimum Gasteiger partial charge on any atom is -0.397 e. The van der Waals surface area contributed by atoms with E-state index in [1.165, 1.54) is 6.07 Å². The first-order valence-electron chi connectivity index (χ1n) is 6.24. The zero-order valence-corrected chi connectivity index (χ0v) is 12.1. The third kappa shape index (κ3) is 2.70. The van der Waals surface area contributed by atoms with Crippen molar-refractivity contribution in [3.63, 3.8) is 0 Å². The Kier molecular flexibility index (Phi) is 3.60. The Hall–Kier alpha value is -1.82. The average molecular weight is 298 g/mol. The number of rotatable bonds is 2. The van der Waals surface area contributed by atoms with E-state index in [1.54, 1.807) is 4.90 Å². The van der Waals surface area contributed by atoms with Crippen molar-refractivity contribution in [1.82, 2.24) is 4.90 Å². The minimum atomic E-state index is -0.587. The van der Waals surface area contributed by atoms with Gasteiger partial charge in [-0.2, -0.15) is 0 Å². The average Bonchev–Trinajstić information content (AvgIpc) is 2.72. The predicted molar refractivity (Wildman–Crippen MR) is 76.8 cm³/mol. The normalized spacial score (nSPS) is 17.2. The molecule has 0 saturated carbocycles. The molecule has 0 unspecified atom stereocenters. The summed E-state index contributed by atoms with van der Waals surface area (Å²) in [7, 11) is 0. The molecule has 1 amide bonds. The minimum absolute atomic E-state index is 0.0287. The van der Waals surface area contributed by atoms with Crippen molar-refractivity contribution in [2.75, 3.05) is 18.8 Å². The number of nitrogen functional groups attached to an aromatic ring is 1. The van der Waals surface area contributed by atoms with E-state index in [2.05, 4.69) is 13.8 Å².